The van der Waals surface area contributed by atoms with E-state index >= 15 is 0 Å². The van der Waals surface area contributed by atoms with Gasteiger partial charge in [-0.25, -0.2) is 0 Å². The molecule has 0 radical (unpaired) electrons. The molecule has 0 unspecified atom stereocenters. The fourth-order valence-electron chi connectivity index (χ4n) is 10.8. The fraction of sp³-hybridized carbons (Fsp3) is 0.966. The van der Waals surface area contributed by atoms with Gasteiger partial charge in [-0.15, -0.1) is 0 Å². The normalized spacial score (nSPS) is 56.6. The van der Waals surface area contributed by atoms with Crippen LogP contribution in [0.2, 0.25) is 0 Å². The summed E-state index contributed by atoms with van der Waals surface area (Å²) in [6.45, 7) is 11.8. The fourth-order valence-corrected chi connectivity index (χ4v) is 11.8. The highest BCUT2D eigenvalue weighted by atomic mass is 35.5. The molecule has 0 aromatic heterocycles. The number of carbonyl (C=O) groups excluding carboxylic acids is 1. The molecule has 6 aliphatic rings. The monoisotopic (exact) mass is 526 g/mol. The van der Waals surface area contributed by atoms with Crippen LogP contribution in [0.5, 0.6) is 0 Å². The van der Waals surface area contributed by atoms with Crippen LogP contribution < -0.4 is 0 Å². The molecule has 198 valence electrons. The molecule has 0 N–H and O–H groups in total. The van der Waals surface area contributed by atoms with E-state index in [1.807, 2.05) is 0 Å². The van der Waals surface area contributed by atoms with Crippen LogP contribution in [0.4, 0.5) is 0 Å². The van der Waals surface area contributed by atoms with Gasteiger partial charge in [-0.3, -0.25) is 4.79 Å². The molecule has 0 aromatic rings. The van der Waals surface area contributed by atoms with Crippen LogP contribution in [-0.4, -0.2) is 34.9 Å². The molecule has 0 amide bonds. The summed E-state index contributed by atoms with van der Waals surface area (Å²) in [5.74, 6) is 2.89. The summed E-state index contributed by atoms with van der Waals surface area (Å²) in [5.41, 5.74) is 0.625. The zero-order valence-electron chi connectivity index (χ0n) is 22.2. The van der Waals surface area contributed by atoms with Crippen molar-refractivity contribution in [3.8, 4) is 0 Å². The molecule has 2 saturated heterocycles. The maximum absolute atomic E-state index is 11.6. The van der Waals surface area contributed by atoms with E-state index in [0.717, 1.165) is 37.5 Å². The third-order valence-electron chi connectivity index (χ3n) is 12.2. The smallest absolute Gasteiger partial charge is 0.302 e. The quantitative estimate of drug-likeness (QED) is 0.268. The molecule has 0 aromatic carbocycles. The number of halogens is 2. The van der Waals surface area contributed by atoms with Gasteiger partial charge in [0.05, 0.1) is 12.7 Å². The Morgan fingerprint density at radius 1 is 0.971 bits per heavy atom. The number of esters is 1. The van der Waals surface area contributed by atoms with E-state index in [0.29, 0.717) is 35.7 Å². The van der Waals surface area contributed by atoms with Crippen LogP contribution in [0.3, 0.4) is 0 Å². The molecule has 6 fully saturated rings. The standard InChI is InChI=1S/C29H44Cl2O4/c1-16-14-28(30,31)29(33-15-16)17(2)25-24(35-29)13-23-21-7-6-19-12-20(34-18(3)32)8-10-26(19,4)22(21)9-11-27(23,25)5/h16-17,19-25H,6-15H2,1-5H3/t16-,17+,19+,20+,21-,22+,23+,24+,25+,26+,27+,29+/m1/s1. The van der Waals surface area contributed by atoms with Crippen molar-refractivity contribution >= 4 is 29.2 Å². The molecule has 6 heteroatoms. The van der Waals surface area contributed by atoms with E-state index in [9.17, 15) is 4.79 Å². The molecule has 2 aliphatic heterocycles. The van der Waals surface area contributed by atoms with E-state index in [4.69, 9.17) is 37.4 Å². The average Bonchev–Trinajstić information content (AvgIpc) is 3.22. The van der Waals surface area contributed by atoms with E-state index in [-0.39, 0.29) is 29.5 Å². The summed E-state index contributed by atoms with van der Waals surface area (Å²) < 4.78 is 18.0. The predicted molar refractivity (Wildman–Crippen MR) is 137 cm³/mol. The van der Waals surface area contributed by atoms with Crippen LogP contribution in [0.1, 0.15) is 92.4 Å². The third-order valence-corrected chi connectivity index (χ3v) is 13.0. The second kappa shape index (κ2) is 8.23. The zero-order valence-corrected chi connectivity index (χ0v) is 23.7. The third kappa shape index (κ3) is 3.47. The average molecular weight is 528 g/mol. The van der Waals surface area contributed by atoms with Crippen LogP contribution in [0, 0.1) is 52.3 Å². The van der Waals surface area contributed by atoms with Gasteiger partial charge in [-0.2, -0.15) is 0 Å². The van der Waals surface area contributed by atoms with Crippen LogP contribution in [-0.2, 0) is 19.0 Å². The first kappa shape index (κ1) is 25.3. The van der Waals surface area contributed by atoms with Crippen molar-refractivity contribution in [2.45, 2.75) is 115 Å². The highest BCUT2D eigenvalue weighted by Gasteiger charge is 2.73. The van der Waals surface area contributed by atoms with Gasteiger partial charge < -0.3 is 14.2 Å². The predicted octanol–water partition coefficient (Wildman–Crippen LogP) is 7.15. The summed E-state index contributed by atoms with van der Waals surface area (Å²) >= 11 is 14.0. The van der Waals surface area contributed by atoms with Gasteiger partial charge in [0.2, 0.25) is 5.79 Å². The first-order valence-corrected chi connectivity index (χ1v) is 15.0. The van der Waals surface area contributed by atoms with Crippen LogP contribution in [0.25, 0.3) is 0 Å². The molecule has 2 heterocycles. The Morgan fingerprint density at radius 3 is 2.43 bits per heavy atom. The topological polar surface area (TPSA) is 44.8 Å². The second-order valence-corrected chi connectivity index (χ2v) is 15.4. The van der Waals surface area contributed by atoms with Crippen molar-refractivity contribution < 1.29 is 19.0 Å². The maximum Gasteiger partial charge on any atom is 0.302 e. The minimum absolute atomic E-state index is 0.122. The van der Waals surface area contributed by atoms with Gasteiger partial charge in [-0.05, 0) is 104 Å². The number of ether oxygens (including phenoxy) is 3. The minimum atomic E-state index is -0.996. The molecule has 6 rings (SSSR count). The van der Waals surface area contributed by atoms with Crippen molar-refractivity contribution in [1.29, 1.82) is 0 Å². The molecular weight excluding hydrogens is 483 g/mol. The van der Waals surface area contributed by atoms with Gasteiger partial charge in [0.15, 0.2) is 4.33 Å². The number of hydrogen-bond donors (Lipinski definition) is 0. The SMILES string of the molecule is CC(=O)O[C@H]1CC[C@@]2(C)[C@@H](CC[C@@H]3[C@@H]2CC[C@]2(C)[C@@H]4[C@H](C[C@@H]32)O[C@@]2(OC[C@H](C)CC2(Cl)Cl)[C@H]4C)C1. The first-order chi connectivity index (χ1) is 16.4. The number of alkyl halides is 2. The molecular formula is C29H44Cl2O4. The molecule has 0 bridgehead atoms. The summed E-state index contributed by atoms with van der Waals surface area (Å²) in [4.78, 5) is 11.6. The summed E-state index contributed by atoms with van der Waals surface area (Å²) in [5, 5.41) is 0. The van der Waals surface area contributed by atoms with E-state index in [2.05, 4.69) is 27.7 Å². The van der Waals surface area contributed by atoms with Gasteiger partial charge in [0.25, 0.3) is 0 Å². The van der Waals surface area contributed by atoms with Gasteiger partial charge in [0, 0.05) is 12.8 Å². The minimum Gasteiger partial charge on any atom is -0.463 e. The summed E-state index contributed by atoms with van der Waals surface area (Å²) in [6.07, 6.45) is 10.6. The molecule has 35 heavy (non-hydrogen) atoms. The molecule has 12 atom stereocenters. The lowest BCUT2D eigenvalue weighted by molar-refractivity contribution is -0.278. The highest BCUT2D eigenvalue weighted by molar-refractivity contribution is 6.49. The number of rotatable bonds is 1. The lowest BCUT2D eigenvalue weighted by atomic mass is 9.44. The van der Waals surface area contributed by atoms with Crippen LogP contribution >= 0.6 is 23.2 Å². The van der Waals surface area contributed by atoms with Gasteiger partial charge in [0.1, 0.15) is 6.10 Å². The Kier molecular flexibility index (Phi) is 5.94. The lowest BCUT2D eigenvalue weighted by Gasteiger charge is -2.61. The Labute approximate surface area is 221 Å². The van der Waals surface area contributed by atoms with Crippen molar-refractivity contribution in [2.24, 2.45) is 52.3 Å². The van der Waals surface area contributed by atoms with E-state index in [1.54, 1.807) is 6.92 Å². The lowest BCUT2D eigenvalue weighted by Crippen LogP contribution is -2.59. The largest absolute Gasteiger partial charge is 0.463 e. The summed E-state index contributed by atoms with van der Waals surface area (Å²) in [7, 11) is 0. The van der Waals surface area contributed by atoms with E-state index in [1.165, 1.54) is 32.1 Å². The van der Waals surface area contributed by atoms with Crippen molar-refractivity contribution in [3.63, 3.8) is 0 Å². The summed E-state index contributed by atoms with van der Waals surface area (Å²) in [6, 6.07) is 0. The Hall–Kier alpha value is -0.0300. The second-order valence-electron chi connectivity index (χ2n) is 13.9. The molecule has 4 aliphatic carbocycles. The van der Waals surface area contributed by atoms with Crippen molar-refractivity contribution in [3.05, 3.63) is 0 Å². The number of fused-ring (bicyclic) bond motifs is 7. The van der Waals surface area contributed by atoms with Gasteiger partial charge >= 0.3 is 5.97 Å². The van der Waals surface area contributed by atoms with Crippen LogP contribution in [0.15, 0.2) is 0 Å². The Balaban J connectivity index is 1.23. The zero-order chi connectivity index (χ0) is 25.0. The molecule has 1 spiro atoms. The number of carbonyl (C=O) groups is 1. The first-order valence-electron chi connectivity index (χ1n) is 14.3. The molecule has 4 saturated carbocycles. The maximum atomic E-state index is 11.6. The Bertz CT molecular complexity index is 879. The highest BCUT2D eigenvalue weighted by Crippen LogP contribution is 2.72. The van der Waals surface area contributed by atoms with E-state index < -0.39 is 10.1 Å². The number of hydrogen-bond acceptors (Lipinski definition) is 4. The Morgan fingerprint density at radius 2 is 1.71 bits per heavy atom. The molecule has 4 nitrogen and oxygen atoms in total. The van der Waals surface area contributed by atoms with Crippen molar-refractivity contribution in [1.82, 2.24) is 0 Å². The van der Waals surface area contributed by atoms with Gasteiger partial charge in [-0.1, -0.05) is 50.9 Å². The van der Waals surface area contributed by atoms with Crippen molar-refractivity contribution in [2.75, 3.05) is 6.61 Å².